The van der Waals surface area contributed by atoms with E-state index in [9.17, 15) is 14.4 Å². The largest absolute Gasteiger partial charge is 0.465 e. The maximum absolute atomic E-state index is 13.9. The normalized spacial score (nSPS) is 19.2. The van der Waals surface area contributed by atoms with Gasteiger partial charge in [0.05, 0.1) is 24.1 Å². The van der Waals surface area contributed by atoms with Crippen molar-refractivity contribution in [2.24, 2.45) is 17.3 Å². The predicted octanol–water partition coefficient (Wildman–Crippen LogP) is 6.21. The zero-order valence-corrected chi connectivity index (χ0v) is 23.6. The van der Waals surface area contributed by atoms with Crippen LogP contribution in [0.4, 0.5) is 5.69 Å². The number of anilines is 1. The molecule has 1 aromatic rings. The average molecular weight is 504 g/mol. The van der Waals surface area contributed by atoms with Gasteiger partial charge in [-0.25, -0.2) is 4.79 Å². The first-order chi connectivity index (χ1) is 16.1. The summed E-state index contributed by atoms with van der Waals surface area (Å²) < 4.78 is 10.6. The highest BCUT2D eigenvalue weighted by molar-refractivity contribution is 7.15. The van der Waals surface area contributed by atoms with E-state index < -0.39 is 17.6 Å². The van der Waals surface area contributed by atoms with Gasteiger partial charge in [0.1, 0.15) is 10.5 Å². The number of rotatable bonds is 6. The van der Waals surface area contributed by atoms with Crippen molar-refractivity contribution in [3.05, 3.63) is 15.8 Å². The summed E-state index contributed by atoms with van der Waals surface area (Å²) in [6, 6.07) is 1.28. The van der Waals surface area contributed by atoms with E-state index >= 15 is 0 Å². The van der Waals surface area contributed by atoms with Crippen molar-refractivity contribution >= 4 is 34.9 Å². The van der Waals surface area contributed by atoms with E-state index in [2.05, 4.69) is 18.8 Å². The Hall–Kier alpha value is -2.33. The van der Waals surface area contributed by atoms with Gasteiger partial charge in [0, 0.05) is 17.4 Å². The van der Waals surface area contributed by atoms with Crippen LogP contribution in [0.2, 0.25) is 0 Å². The molecule has 35 heavy (non-hydrogen) atoms. The smallest absolute Gasteiger partial charge is 0.350 e. The van der Waals surface area contributed by atoms with Gasteiger partial charge in [0.25, 0.3) is 0 Å². The van der Waals surface area contributed by atoms with Gasteiger partial charge in [-0.3, -0.25) is 9.59 Å². The van der Waals surface area contributed by atoms with Crippen LogP contribution in [0.3, 0.4) is 0 Å². The fourth-order valence-corrected chi connectivity index (χ4v) is 5.02. The Morgan fingerprint density at radius 3 is 2.23 bits per heavy atom. The Bertz CT molecular complexity index is 978. The lowest BCUT2D eigenvalue weighted by Gasteiger charge is -2.35. The topological polar surface area (TPSA) is 72.9 Å². The van der Waals surface area contributed by atoms with Crippen LogP contribution in [0.25, 0.3) is 0 Å². The predicted molar refractivity (Wildman–Crippen MR) is 141 cm³/mol. The summed E-state index contributed by atoms with van der Waals surface area (Å²) >= 11 is 1.21. The van der Waals surface area contributed by atoms with Crippen LogP contribution < -0.4 is 4.90 Å². The fraction of sp³-hybridized carbons (Fsp3) is 0.679. The third-order valence-electron chi connectivity index (χ3n) is 5.83. The molecule has 1 saturated carbocycles. The Morgan fingerprint density at radius 1 is 1.11 bits per heavy atom. The molecule has 194 valence electrons. The van der Waals surface area contributed by atoms with E-state index in [1.807, 2.05) is 48.5 Å². The first-order valence-electron chi connectivity index (χ1n) is 12.4. The lowest BCUT2D eigenvalue weighted by atomic mass is 9.82. The number of methoxy groups -OCH3 is 1. The van der Waals surface area contributed by atoms with Crippen LogP contribution in [0.5, 0.6) is 0 Å². The number of ether oxygens (including phenoxy) is 2. The van der Waals surface area contributed by atoms with Crippen molar-refractivity contribution < 1.29 is 23.9 Å². The lowest BCUT2D eigenvalue weighted by molar-refractivity contribution is -0.155. The molecule has 2 rings (SSSR count). The number of carbonyl (C=O) groups excluding carboxylic acids is 3. The van der Waals surface area contributed by atoms with Crippen molar-refractivity contribution in [2.75, 3.05) is 12.0 Å². The third-order valence-corrected chi connectivity index (χ3v) is 6.85. The summed E-state index contributed by atoms with van der Waals surface area (Å²) in [5.74, 6) is 5.81. The Labute approximate surface area is 214 Å². The maximum atomic E-state index is 13.9. The summed E-state index contributed by atoms with van der Waals surface area (Å²) in [4.78, 5) is 41.9. The Kier molecular flexibility index (Phi) is 9.58. The van der Waals surface area contributed by atoms with Gasteiger partial charge in [-0.05, 0) is 86.1 Å². The summed E-state index contributed by atoms with van der Waals surface area (Å²) in [5.41, 5.74) is -0.381. The molecule has 7 heteroatoms. The molecule has 0 N–H and O–H groups in total. The quantitative estimate of drug-likeness (QED) is 0.341. The molecule has 0 aromatic carbocycles. The molecule has 6 nitrogen and oxygen atoms in total. The second-order valence-corrected chi connectivity index (χ2v) is 12.7. The monoisotopic (exact) mass is 503 g/mol. The van der Waals surface area contributed by atoms with Crippen LogP contribution in [0.15, 0.2) is 6.07 Å². The molecule has 1 atom stereocenters. The van der Waals surface area contributed by atoms with E-state index in [1.165, 1.54) is 18.4 Å². The first kappa shape index (κ1) is 28.9. The van der Waals surface area contributed by atoms with Crippen LogP contribution in [0.1, 0.15) is 102 Å². The van der Waals surface area contributed by atoms with E-state index in [4.69, 9.17) is 9.47 Å². The van der Waals surface area contributed by atoms with Crippen LogP contribution >= 0.6 is 11.3 Å². The van der Waals surface area contributed by atoms with Crippen molar-refractivity contribution in [3.8, 4) is 11.8 Å². The highest BCUT2D eigenvalue weighted by Gasteiger charge is 2.36. The van der Waals surface area contributed by atoms with Gasteiger partial charge in [0.15, 0.2) is 0 Å². The van der Waals surface area contributed by atoms with E-state index in [0.717, 1.165) is 25.7 Å². The number of amides is 1. The standard InChI is InChI=1S/C28H41NO5S/c1-18-10-12-20(13-11-18)25(31)29(19(2)16-23(30)34-28(6,7)8)22-17-21(14-15-27(3,4)5)35-24(22)26(32)33-9/h17-20H,10-13,16H2,1-9H3/t18?,19-,20?/m0/s1. The van der Waals surface area contributed by atoms with Crippen LogP contribution in [-0.2, 0) is 19.1 Å². The first-order valence-corrected chi connectivity index (χ1v) is 13.2. The minimum atomic E-state index is -0.625. The fourth-order valence-electron chi connectivity index (χ4n) is 4.10. The number of nitrogens with zero attached hydrogens (tertiary/aromatic N) is 1. The Balaban J connectivity index is 2.52. The van der Waals surface area contributed by atoms with Gasteiger partial charge in [-0.1, -0.05) is 18.8 Å². The molecule has 1 heterocycles. The number of esters is 2. The summed E-state index contributed by atoms with van der Waals surface area (Å²) in [5, 5.41) is 0. The highest BCUT2D eigenvalue weighted by Crippen LogP contribution is 2.37. The van der Waals surface area contributed by atoms with Crippen molar-refractivity contribution in [2.45, 2.75) is 99.1 Å². The molecule has 1 amide bonds. The van der Waals surface area contributed by atoms with Crippen LogP contribution in [-0.4, -0.2) is 36.6 Å². The zero-order chi connectivity index (χ0) is 26.6. The van der Waals surface area contributed by atoms with Gasteiger partial charge >= 0.3 is 11.9 Å². The summed E-state index contributed by atoms with van der Waals surface area (Å²) in [6.45, 7) is 15.5. The molecule has 0 aliphatic heterocycles. The molecule has 1 fully saturated rings. The molecule has 0 saturated heterocycles. The maximum Gasteiger partial charge on any atom is 0.350 e. The van der Waals surface area contributed by atoms with Crippen LogP contribution in [0, 0.1) is 29.1 Å². The summed E-state index contributed by atoms with van der Waals surface area (Å²) in [7, 11) is 1.32. The van der Waals surface area contributed by atoms with Crippen molar-refractivity contribution in [1.29, 1.82) is 0 Å². The minimum Gasteiger partial charge on any atom is -0.465 e. The van der Waals surface area contributed by atoms with Crippen molar-refractivity contribution in [3.63, 3.8) is 0 Å². The number of hydrogen-bond acceptors (Lipinski definition) is 6. The molecule has 0 radical (unpaired) electrons. The molecular formula is C28H41NO5S. The van der Waals surface area contributed by atoms with Gasteiger partial charge < -0.3 is 14.4 Å². The SMILES string of the molecule is COC(=O)c1sc(C#CC(C)(C)C)cc1N(C(=O)C1CCC(C)CC1)[C@@H](C)CC(=O)OC(C)(C)C. The van der Waals surface area contributed by atoms with E-state index in [0.29, 0.717) is 21.4 Å². The zero-order valence-electron chi connectivity index (χ0n) is 22.7. The van der Waals surface area contributed by atoms with E-state index in [-0.39, 0.29) is 29.6 Å². The Morgan fingerprint density at radius 2 is 1.71 bits per heavy atom. The van der Waals surface area contributed by atoms with Gasteiger partial charge in [0.2, 0.25) is 5.91 Å². The lowest BCUT2D eigenvalue weighted by Crippen LogP contribution is -2.45. The average Bonchev–Trinajstić information content (AvgIpc) is 3.14. The third kappa shape index (κ3) is 8.68. The van der Waals surface area contributed by atoms with Crippen molar-refractivity contribution in [1.82, 2.24) is 0 Å². The summed E-state index contributed by atoms with van der Waals surface area (Å²) in [6.07, 6.45) is 3.58. The van der Waals surface area contributed by atoms with Gasteiger partial charge in [-0.15, -0.1) is 11.3 Å². The molecular weight excluding hydrogens is 462 g/mol. The molecule has 0 unspecified atom stereocenters. The molecule has 1 aliphatic carbocycles. The molecule has 0 bridgehead atoms. The molecule has 1 aromatic heterocycles. The number of carbonyl (C=O) groups is 3. The number of thiophene rings is 1. The minimum absolute atomic E-state index is 0.0194. The second kappa shape index (κ2) is 11.6. The van der Waals surface area contributed by atoms with E-state index in [1.54, 1.807) is 11.0 Å². The number of hydrogen-bond donors (Lipinski definition) is 0. The van der Waals surface area contributed by atoms with Gasteiger partial charge in [-0.2, -0.15) is 0 Å². The molecule has 1 aliphatic rings. The highest BCUT2D eigenvalue weighted by atomic mass is 32.1. The second-order valence-electron chi connectivity index (χ2n) is 11.6. The molecule has 0 spiro atoms.